The summed E-state index contributed by atoms with van der Waals surface area (Å²) in [5.74, 6) is 0.479. The number of carbonyl (C=O) groups is 1. The number of piperidine rings is 1. The van der Waals surface area contributed by atoms with E-state index < -0.39 is 10.0 Å². The van der Waals surface area contributed by atoms with Crippen LogP contribution in [0.15, 0.2) is 40.7 Å². The van der Waals surface area contributed by atoms with Gasteiger partial charge in [0.2, 0.25) is 15.9 Å². The van der Waals surface area contributed by atoms with Gasteiger partial charge in [0.15, 0.2) is 0 Å². The molecule has 1 saturated carbocycles. The third kappa shape index (κ3) is 4.27. The van der Waals surface area contributed by atoms with Gasteiger partial charge in [-0.15, -0.1) is 0 Å². The lowest BCUT2D eigenvalue weighted by Gasteiger charge is -2.38. The average molecular weight is 421 g/mol. The van der Waals surface area contributed by atoms with Crippen molar-refractivity contribution in [1.82, 2.24) is 14.0 Å². The lowest BCUT2D eigenvalue weighted by Crippen LogP contribution is -2.52. The molecule has 2 aliphatic rings. The van der Waals surface area contributed by atoms with Gasteiger partial charge >= 0.3 is 0 Å². The number of amides is 1. The van der Waals surface area contributed by atoms with E-state index >= 15 is 0 Å². The summed E-state index contributed by atoms with van der Waals surface area (Å²) in [5.41, 5.74) is 1.81. The third-order valence-corrected chi connectivity index (χ3v) is 7.69. The standard InChI is InChI=1S/C19H24N4O3S2/c1-13(24)21-17-4-6-18(7-5-17)28(25,26)22-19-15-2-3-16(19)11-23(10-15)9-14-8-20-27-12-14/h4-8,12,15-16,19,22H,2-3,9-11H2,1H3,(H,21,24)/t15-,16+,19?. The molecule has 0 spiro atoms. The highest BCUT2D eigenvalue weighted by atomic mass is 32.2. The van der Waals surface area contributed by atoms with Crippen LogP contribution in [0, 0.1) is 11.8 Å². The predicted molar refractivity (Wildman–Crippen MR) is 108 cm³/mol. The minimum absolute atomic E-state index is 0.0168. The second kappa shape index (κ2) is 7.90. The number of likely N-dealkylation sites (tertiary alicyclic amines) is 1. The normalized spacial score (nSPS) is 25.0. The van der Waals surface area contributed by atoms with Crippen LogP contribution >= 0.6 is 11.5 Å². The van der Waals surface area contributed by atoms with Gasteiger partial charge < -0.3 is 5.32 Å². The monoisotopic (exact) mass is 420 g/mol. The first kappa shape index (κ1) is 19.5. The van der Waals surface area contributed by atoms with Crippen molar-refractivity contribution in [3.8, 4) is 0 Å². The minimum atomic E-state index is -3.59. The molecule has 2 N–H and O–H groups in total. The Kier molecular flexibility index (Phi) is 5.50. The van der Waals surface area contributed by atoms with Gasteiger partial charge in [0.05, 0.1) is 4.90 Å². The van der Waals surface area contributed by atoms with E-state index in [0.29, 0.717) is 17.5 Å². The molecule has 2 bridgehead atoms. The Bertz CT molecular complexity index is 915. The molecule has 2 heterocycles. The molecule has 28 heavy (non-hydrogen) atoms. The summed E-state index contributed by atoms with van der Waals surface area (Å²) in [6, 6.07) is 6.28. The molecule has 150 valence electrons. The maximum atomic E-state index is 12.9. The molecule has 1 amide bonds. The lowest BCUT2D eigenvalue weighted by molar-refractivity contribution is -0.114. The van der Waals surface area contributed by atoms with E-state index in [2.05, 4.69) is 24.7 Å². The SMILES string of the molecule is CC(=O)Nc1ccc(S(=O)(=O)NC2[C@@H]3CC[C@H]2CN(Cc2cnsc2)C3)cc1. The second-order valence-corrected chi connectivity index (χ2v) is 10.0. The van der Waals surface area contributed by atoms with Crippen molar-refractivity contribution in [3.05, 3.63) is 41.4 Å². The van der Waals surface area contributed by atoms with Crippen LogP contribution < -0.4 is 10.0 Å². The van der Waals surface area contributed by atoms with Crippen molar-refractivity contribution in [2.24, 2.45) is 11.8 Å². The lowest BCUT2D eigenvalue weighted by atomic mass is 9.93. The highest BCUT2D eigenvalue weighted by Crippen LogP contribution is 2.38. The fourth-order valence-corrected chi connectivity index (χ4v) is 6.27. The zero-order valence-electron chi connectivity index (χ0n) is 15.7. The summed E-state index contributed by atoms with van der Waals surface area (Å²) in [7, 11) is -3.59. The Morgan fingerprint density at radius 3 is 2.46 bits per heavy atom. The molecule has 9 heteroatoms. The number of nitrogens with zero attached hydrogens (tertiary/aromatic N) is 2. The van der Waals surface area contributed by atoms with Crippen LogP contribution in [0.25, 0.3) is 0 Å². The van der Waals surface area contributed by atoms with E-state index in [0.717, 1.165) is 32.5 Å². The van der Waals surface area contributed by atoms with Crippen molar-refractivity contribution in [2.45, 2.75) is 37.2 Å². The van der Waals surface area contributed by atoms with Gasteiger partial charge in [-0.2, -0.15) is 0 Å². The van der Waals surface area contributed by atoms with Crippen LogP contribution in [0.4, 0.5) is 5.69 Å². The van der Waals surface area contributed by atoms with Crippen molar-refractivity contribution < 1.29 is 13.2 Å². The van der Waals surface area contributed by atoms with Gasteiger partial charge in [-0.25, -0.2) is 17.5 Å². The Balaban J connectivity index is 1.42. The van der Waals surface area contributed by atoms with Crippen LogP contribution in [-0.2, 0) is 21.4 Å². The Morgan fingerprint density at radius 2 is 1.89 bits per heavy atom. The molecule has 2 fully saturated rings. The number of sulfonamides is 1. The quantitative estimate of drug-likeness (QED) is 0.748. The molecule has 1 saturated heterocycles. The highest BCUT2D eigenvalue weighted by molar-refractivity contribution is 7.89. The predicted octanol–water partition coefficient (Wildman–Crippen LogP) is 2.29. The molecule has 4 rings (SSSR count). The van der Waals surface area contributed by atoms with E-state index in [1.807, 2.05) is 6.20 Å². The molecule has 1 aliphatic heterocycles. The highest BCUT2D eigenvalue weighted by Gasteiger charge is 2.43. The number of aromatic nitrogens is 1. The number of hydrogen-bond acceptors (Lipinski definition) is 6. The van der Waals surface area contributed by atoms with E-state index in [1.165, 1.54) is 36.2 Å². The Hall–Kier alpha value is -1.81. The number of carbonyl (C=O) groups excluding carboxylic acids is 1. The summed E-state index contributed by atoms with van der Waals surface area (Å²) < 4.78 is 32.9. The van der Waals surface area contributed by atoms with E-state index in [-0.39, 0.29) is 16.8 Å². The van der Waals surface area contributed by atoms with Gasteiger partial charge in [-0.1, -0.05) is 0 Å². The molecular formula is C19H24N4O3S2. The van der Waals surface area contributed by atoms with Crippen LogP contribution in [0.2, 0.25) is 0 Å². The van der Waals surface area contributed by atoms with Crippen LogP contribution in [0.3, 0.4) is 0 Å². The Labute approximate surface area is 169 Å². The molecule has 1 aromatic carbocycles. The third-order valence-electron chi connectivity index (χ3n) is 5.58. The average Bonchev–Trinajstić information content (AvgIpc) is 3.21. The van der Waals surface area contributed by atoms with Crippen molar-refractivity contribution in [3.63, 3.8) is 0 Å². The smallest absolute Gasteiger partial charge is 0.240 e. The van der Waals surface area contributed by atoms with E-state index in [4.69, 9.17) is 0 Å². The molecule has 3 atom stereocenters. The van der Waals surface area contributed by atoms with Crippen LogP contribution in [-0.4, -0.2) is 42.7 Å². The number of nitrogens with one attached hydrogen (secondary N) is 2. The fourth-order valence-electron chi connectivity index (χ4n) is 4.37. The largest absolute Gasteiger partial charge is 0.326 e. The molecular weight excluding hydrogens is 396 g/mol. The summed E-state index contributed by atoms with van der Waals surface area (Å²) >= 11 is 1.46. The van der Waals surface area contributed by atoms with Crippen molar-refractivity contribution in [2.75, 3.05) is 18.4 Å². The second-order valence-electron chi connectivity index (χ2n) is 7.68. The van der Waals surface area contributed by atoms with Crippen molar-refractivity contribution in [1.29, 1.82) is 0 Å². The molecule has 1 aliphatic carbocycles. The topological polar surface area (TPSA) is 91.4 Å². The molecule has 1 unspecified atom stereocenters. The number of anilines is 1. The number of hydrogen-bond donors (Lipinski definition) is 2. The van der Waals surface area contributed by atoms with Gasteiger partial charge in [0.1, 0.15) is 0 Å². The maximum absolute atomic E-state index is 12.9. The number of benzene rings is 1. The first-order valence-electron chi connectivity index (χ1n) is 9.41. The van der Waals surface area contributed by atoms with Crippen LogP contribution in [0.5, 0.6) is 0 Å². The van der Waals surface area contributed by atoms with Crippen molar-refractivity contribution >= 4 is 33.2 Å². The van der Waals surface area contributed by atoms with E-state index in [1.54, 1.807) is 12.1 Å². The summed E-state index contributed by atoms with van der Waals surface area (Å²) in [6.07, 6.45) is 4.02. The number of fused-ring (bicyclic) bond motifs is 2. The Morgan fingerprint density at radius 1 is 1.21 bits per heavy atom. The molecule has 2 aromatic rings. The number of rotatable bonds is 6. The molecule has 7 nitrogen and oxygen atoms in total. The summed E-state index contributed by atoms with van der Waals surface area (Å²) in [6.45, 7) is 4.11. The van der Waals surface area contributed by atoms with E-state index in [9.17, 15) is 13.2 Å². The zero-order chi connectivity index (χ0) is 19.7. The minimum Gasteiger partial charge on any atom is -0.326 e. The maximum Gasteiger partial charge on any atom is 0.240 e. The first-order valence-corrected chi connectivity index (χ1v) is 11.7. The van der Waals surface area contributed by atoms with Gasteiger partial charge in [0, 0.05) is 49.9 Å². The zero-order valence-corrected chi connectivity index (χ0v) is 17.3. The van der Waals surface area contributed by atoms with Gasteiger partial charge in [-0.05, 0) is 66.0 Å². The first-order chi connectivity index (χ1) is 13.4. The molecule has 0 radical (unpaired) electrons. The van der Waals surface area contributed by atoms with Gasteiger partial charge in [-0.3, -0.25) is 9.69 Å². The molecule has 1 aromatic heterocycles. The summed E-state index contributed by atoms with van der Waals surface area (Å²) in [4.78, 5) is 13.8. The summed E-state index contributed by atoms with van der Waals surface area (Å²) in [5, 5.41) is 4.72. The fraction of sp³-hybridized carbons (Fsp3) is 0.474. The van der Waals surface area contributed by atoms with Crippen LogP contribution in [0.1, 0.15) is 25.3 Å². The van der Waals surface area contributed by atoms with Gasteiger partial charge in [0.25, 0.3) is 0 Å².